The van der Waals surface area contributed by atoms with Crippen molar-refractivity contribution in [3.63, 3.8) is 0 Å². The Morgan fingerprint density at radius 1 is 1.32 bits per heavy atom. The van der Waals surface area contributed by atoms with Crippen molar-refractivity contribution in [3.05, 3.63) is 45.9 Å². The van der Waals surface area contributed by atoms with Gasteiger partial charge in [-0.2, -0.15) is 5.26 Å². The third-order valence-corrected chi connectivity index (χ3v) is 4.13. The van der Waals surface area contributed by atoms with Gasteiger partial charge in [-0.15, -0.1) is 11.3 Å². The average Bonchev–Trinajstić information content (AvgIpc) is 3.21. The highest BCUT2D eigenvalue weighted by Crippen LogP contribution is 2.42. The molecule has 0 radical (unpaired) electrons. The van der Waals surface area contributed by atoms with Crippen molar-refractivity contribution in [2.45, 2.75) is 31.8 Å². The van der Waals surface area contributed by atoms with Gasteiger partial charge in [-0.1, -0.05) is 18.2 Å². The van der Waals surface area contributed by atoms with E-state index in [2.05, 4.69) is 11.1 Å². The third kappa shape index (κ3) is 2.94. The van der Waals surface area contributed by atoms with E-state index in [-0.39, 0.29) is 0 Å². The molecule has 4 heteroatoms. The van der Waals surface area contributed by atoms with E-state index < -0.39 is 0 Å². The lowest BCUT2D eigenvalue weighted by Crippen LogP contribution is -1.95. The van der Waals surface area contributed by atoms with E-state index in [1.54, 1.807) is 11.3 Å². The molecule has 19 heavy (non-hydrogen) atoms. The van der Waals surface area contributed by atoms with E-state index in [1.807, 2.05) is 30.3 Å². The second-order valence-electron chi connectivity index (χ2n) is 4.63. The molecule has 1 fully saturated rings. The van der Waals surface area contributed by atoms with Gasteiger partial charge in [0.15, 0.2) is 0 Å². The highest BCUT2D eigenvalue weighted by atomic mass is 32.1. The average molecular weight is 270 g/mol. The van der Waals surface area contributed by atoms with Gasteiger partial charge in [0.1, 0.15) is 17.4 Å². The van der Waals surface area contributed by atoms with Gasteiger partial charge in [-0.3, -0.25) is 0 Å². The van der Waals surface area contributed by atoms with Gasteiger partial charge in [0.25, 0.3) is 0 Å². The first-order valence-corrected chi connectivity index (χ1v) is 7.21. The Morgan fingerprint density at radius 2 is 2.11 bits per heavy atom. The van der Waals surface area contributed by atoms with Crippen LogP contribution >= 0.6 is 11.3 Å². The van der Waals surface area contributed by atoms with Crippen LogP contribution < -0.4 is 4.74 Å². The number of hydrogen-bond acceptors (Lipinski definition) is 4. The molecule has 0 unspecified atom stereocenters. The molecule has 0 aliphatic heterocycles. The summed E-state index contributed by atoms with van der Waals surface area (Å²) in [7, 11) is 0. The van der Waals surface area contributed by atoms with Crippen LogP contribution in [0.4, 0.5) is 0 Å². The Labute approximate surface area is 116 Å². The van der Waals surface area contributed by atoms with Gasteiger partial charge in [-0.25, -0.2) is 4.98 Å². The first-order chi connectivity index (χ1) is 9.36. The van der Waals surface area contributed by atoms with Gasteiger partial charge in [0.05, 0.1) is 18.2 Å². The zero-order valence-electron chi connectivity index (χ0n) is 10.5. The summed E-state index contributed by atoms with van der Waals surface area (Å²) in [5.41, 5.74) is 1.14. The number of rotatable bonds is 5. The van der Waals surface area contributed by atoms with Gasteiger partial charge >= 0.3 is 0 Å². The molecule has 2 aromatic rings. The zero-order valence-corrected chi connectivity index (χ0v) is 11.3. The first kappa shape index (κ1) is 12.2. The molecule has 1 saturated carbocycles. The van der Waals surface area contributed by atoms with Gasteiger partial charge < -0.3 is 4.74 Å². The maximum absolute atomic E-state index is 8.86. The molecular weight excluding hydrogens is 256 g/mol. The monoisotopic (exact) mass is 270 g/mol. The van der Waals surface area contributed by atoms with Crippen LogP contribution in [0.3, 0.4) is 0 Å². The van der Waals surface area contributed by atoms with Crippen molar-refractivity contribution in [2.75, 3.05) is 0 Å². The fourth-order valence-electron chi connectivity index (χ4n) is 2.01. The van der Waals surface area contributed by atoms with Crippen molar-refractivity contribution in [3.8, 4) is 11.8 Å². The molecule has 3 nitrogen and oxygen atoms in total. The highest BCUT2D eigenvalue weighted by Gasteiger charge is 2.29. The van der Waals surface area contributed by atoms with Gasteiger partial charge in [0.2, 0.25) is 0 Å². The molecule has 1 aliphatic carbocycles. The van der Waals surface area contributed by atoms with Crippen molar-refractivity contribution in [1.82, 2.24) is 4.98 Å². The fourth-order valence-corrected chi connectivity index (χ4v) is 3.01. The molecule has 0 spiro atoms. The lowest BCUT2D eigenvalue weighted by atomic mass is 10.2. The van der Waals surface area contributed by atoms with Crippen LogP contribution in [0.15, 0.2) is 30.3 Å². The number of ether oxygens (including phenoxy) is 1. The number of hydrogen-bond donors (Lipinski definition) is 0. The summed E-state index contributed by atoms with van der Waals surface area (Å²) >= 11 is 1.61. The van der Waals surface area contributed by atoms with Crippen LogP contribution in [-0.2, 0) is 13.0 Å². The third-order valence-electron chi connectivity index (χ3n) is 3.08. The standard InChI is InChI=1S/C15H14N2OS/c16-9-8-13-15(11-6-7-11)17-14(19-13)10-18-12-4-2-1-3-5-12/h1-5,11H,6-8,10H2. The van der Waals surface area contributed by atoms with Crippen molar-refractivity contribution in [1.29, 1.82) is 5.26 Å². The number of nitrogens with zero attached hydrogens (tertiary/aromatic N) is 2. The number of para-hydroxylation sites is 1. The molecule has 0 bridgehead atoms. The molecule has 0 saturated heterocycles. The van der Waals surface area contributed by atoms with Crippen LogP contribution in [0, 0.1) is 11.3 Å². The topological polar surface area (TPSA) is 45.9 Å². The van der Waals surface area contributed by atoms with Gasteiger partial charge in [0, 0.05) is 10.8 Å². The maximum Gasteiger partial charge on any atom is 0.140 e. The number of aromatic nitrogens is 1. The number of benzene rings is 1. The van der Waals surface area contributed by atoms with Crippen molar-refractivity contribution < 1.29 is 4.74 Å². The molecule has 0 N–H and O–H groups in total. The zero-order chi connectivity index (χ0) is 13.1. The van der Waals surface area contributed by atoms with E-state index in [9.17, 15) is 0 Å². The molecule has 0 atom stereocenters. The lowest BCUT2D eigenvalue weighted by Gasteiger charge is -2.02. The van der Waals surface area contributed by atoms with Crippen LogP contribution in [0.25, 0.3) is 0 Å². The summed E-state index contributed by atoms with van der Waals surface area (Å²) in [6.07, 6.45) is 2.89. The fraction of sp³-hybridized carbons (Fsp3) is 0.333. The Balaban J connectivity index is 1.71. The normalized spacial score (nSPS) is 14.1. The SMILES string of the molecule is N#CCc1sc(COc2ccccc2)nc1C1CC1. The van der Waals surface area contributed by atoms with E-state index in [4.69, 9.17) is 10.00 Å². The van der Waals surface area contributed by atoms with Crippen LogP contribution in [0.5, 0.6) is 5.75 Å². The summed E-state index contributed by atoms with van der Waals surface area (Å²) in [5, 5.41) is 9.83. The van der Waals surface area contributed by atoms with Crippen molar-refractivity contribution in [2.24, 2.45) is 0 Å². The van der Waals surface area contributed by atoms with E-state index in [0.717, 1.165) is 21.3 Å². The summed E-state index contributed by atoms with van der Waals surface area (Å²) in [4.78, 5) is 5.77. The summed E-state index contributed by atoms with van der Waals surface area (Å²) < 4.78 is 5.70. The Kier molecular flexibility index (Phi) is 3.47. The van der Waals surface area contributed by atoms with Crippen LogP contribution in [0.1, 0.15) is 34.3 Å². The maximum atomic E-state index is 8.86. The van der Waals surface area contributed by atoms with Crippen molar-refractivity contribution >= 4 is 11.3 Å². The molecular formula is C15H14N2OS. The highest BCUT2D eigenvalue weighted by molar-refractivity contribution is 7.11. The van der Waals surface area contributed by atoms with Gasteiger partial charge in [-0.05, 0) is 25.0 Å². The Bertz CT molecular complexity index is 596. The van der Waals surface area contributed by atoms with Crippen LogP contribution in [0.2, 0.25) is 0 Å². The lowest BCUT2D eigenvalue weighted by molar-refractivity contribution is 0.305. The van der Waals surface area contributed by atoms with E-state index in [0.29, 0.717) is 18.9 Å². The van der Waals surface area contributed by atoms with E-state index in [1.165, 1.54) is 12.8 Å². The second kappa shape index (κ2) is 5.41. The summed E-state index contributed by atoms with van der Waals surface area (Å²) in [6, 6.07) is 12.0. The van der Waals surface area contributed by atoms with Crippen LogP contribution in [-0.4, -0.2) is 4.98 Å². The summed E-state index contributed by atoms with van der Waals surface area (Å²) in [6.45, 7) is 0.486. The Hall–Kier alpha value is -1.86. The molecule has 1 aliphatic rings. The molecule has 1 aromatic heterocycles. The number of thiazole rings is 1. The second-order valence-corrected chi connectivity index (χ2v) is 5.80. The Morgan fingerprint density at radius 3 is 2.79 bits per heavy atom. The first-order valence-electron chi connectivity index (χ1n) is 6.40. The minimum absolute atomic E-state index is 0.467. The predicted octanol–water partition coefficient (Wildman–Crippen LogP) is 3.67. The molecule has 3 rings (SSSR count). The predicted molar refractivity (Wildman–Crippen MR) is 74.2 cm³/mol. The molecule has 1 aromatic carbocycles. The quantitative estimate of drug-likeness (QED) is 0.832. The molecule has 96 valence electrons. The van der Waals surface area contributed by atoms with E-state index >= 15 is 0 Å². The largest absolute Gasteiger partial charge is 0.486 e. The molecule has 0 amide bonds. The smallest absolute Gasteiger partial charge is 0.140 e. The minimum atomic E-state index is 0.467. The minimum Gasteiger partial charge on any atom is -0.486 e. The number of nitriles is 1. The molecule has 1 heterocycles. The summed E-state index contributed by atoms with van der Waals surface area (Å²) in [5.74, 6) is 1.44.